The maximum atomic E-state index is 13.9. The number of nitrogens with one attached hydrogen (secondary N) is 2. The highest BCUT2D eigenvalue weighted by Crippen LogP contribution is 2.27. The minimum atomic E-state index is -0.836. The fourth-order valence-corrected chi connectivity index (χ4v) is 3.85. The van der Waals surface area contributed by atoms with Gasteiger partial charge in [-0.15, -0.1) is 0 Å². The molecule has 0 aliphatic carbocycles. The largest absolute Gasteiger partial charge is 0.351 e. The summed E-state index contributed by atoms with van der Waals surface area (Å²) in [6, 6.07) is 7.70. The summed E-state index contributed by atoms with van der Waals surface area (Å²) in [7, 11) is 0. The van der Waals surface area contributed by atoms with Gasteiger partial charge in [-0.3, -0.25) is 4.79 Å². The number of rotatable bonds is 5. The third kappa shape index (κ3) is 5.59. The van der Waals surface area contributed by atoms with Crippen LogP contribution in [0.15, 0.2) is 42.5 Å². The Morgan fingerprint density at radius 2 is 2.00 bits per heavy atom. The molecule has 0 aromatic heterocycles. The van der Waals surface area contributed by atoms with Crippen LogP contribution in [-0.4, -0.2) is 42.0 Å². The molecule has 1 aliphatic heterocycles. The zero-order chi connectivity index (χ0) is 22.6. The highest BCUT2D eigenvalue weighted by Gasteiger charge is 2.36. The standard InChI is InChI=1S/C22H23ClF2N4O2/c1-22(12-14-2-5-16(24)6-3-14)13-27-8-9-29(22)20(30)7-4-15-10-18(25)17(23)11-19(15)28-21(26)31/h2-7,10-11,27H,8-9,12-13H2,1H3,(H3,26,28,31)/t22-/m1/s1. The lowest BCUT2D eigenvalue weighted by Crippen LogP contribution is -2.62. The molecule has 2 aromatic rings. The van der Waals surface area contributed by atoms with Crippen molar-refractivity contribution in [2.24, 2.45) is 5.73 Å². The summed E-state index contributed by atoms with van der Waals surface area (Å²) in [5.41, 5.74) is 5.96. The first-order valence-corrected chi connectivity index (χ1v) is 10.1. The van der Waals surface area contributed by atoms with E-state index in [0.29, 0.717) is 26.1 Å². The first-order valence-electron chi connectivity index (χ1n) is 9.68. The van der Waals surface area contributed by atoms with E-state index >= 15 is 0 Å². The molecule has 3 rings (SSSR count). The summed E-state index contributed by atoms with van der Waals surface area (Å²) in [5, 5.41) is 5.48. The first kappa shape index (κ1) is 22.7. The number of carbonyl (C=O) groups is 2. The van der Waals surface area contributed by atoms with Gasteiger partial charge in [0.1, 0.15) is 11.6 Å². The number of primary amides is 1. The lowest BCUT2D eigenvalue weighted by atomic mass is 9.89. The number of piperazine rings is 1. The van der Waals surface area contributed by atoms with Gasteiger partial charge in [0.05, 0.1) is 16.2 Å². The number of nitrogens with zero attached hydrogens (tertiary/aromatic N) is 1. The molecule has 0 spiro atoms. The fourth-order valence-electron chi connectivity index (χ4n) is 3.68. The number of hydrogen-bond donors (Lipinski definition) is 3. The molecule has 0 bridgehead atoms. The van der Waals surface area contributed by atoms with Crippen LogP contribution in [0, 0.1) is 11.6 Å². The Morgan fingerprint density at radius 1 is 1.29 bits per heavy atom. The van der Waals surface area contributed by atoms with Gasteiger partial charge in [-0.25, -0.2) is 13.6 Å². The van der Waals surface area contributed by atoms with E-state index in [0.717, 1.165) is 11.6 Å². The maximum absolute atomic E-state index is 13.9. The Bertz CT molecular complexity index is 1010. The zero-order valence-corrected chi connectivity index (χ0v) is 17.7. The SMILES string of the molecule is C[C@@]1(Cc2ccc(F)cc2)CNCCN1C(=O)C=Cc1cc(F)c(Cl)cc1NC(N)=O. The minimum Gasteiger partial charge on any atom is -0.351 e. The van der Waals surface area contributed by atoms with Gasteiger partial charge in [-0.1, -0.05) is 23.7 Å². The van der Waals surface area contributed by atoms with Crippen molar-refractivity contribution in [1.82, 2.24) is 10.2 Å². The summed E-state index contributed by atoms with van der Waals surface area (Å²) in [5.74, 6) is -1.28. The fraction of sp³-hybridized carbons (Fsp3) is 0.273. The molecule has 0 radical (unpaired) electrons. The molecule has 164 valence electrons. The lowest BCUT2D eigenvalue weighted by molar-refractivity contribution is -0.132. The molecule has 1 heterocycles. The van der Waals surface area contributed by atoms with Crippen molar-refractivity contribution in [3.05, 3.63) is 70.3 Å². The molecule has 9 heteroatoms. The zero-order valence-electron chi connectivity index (χ0n) is 16.9. The van der Waals surface area contributed by atoms with Crippen LogP contribution < -0.4 is 16.4 Å². The average Bonchev–Trinajstić information content (AvgIpc) is 2.71. The second kappa shape index (κ2) is 9.45. The number of amides is 3. The Balaban J connectivity index is 1.83. The third-order valence-electron chi connectivity index (χ3n) is 5.19. The van der Waals surface area contributed by atoms with Gasteiger partial charge in [0.25, 0.3) is 0 Å². The maximum Gasteiger partial charge on any atom is 0.316 e. The number of hydrogen-bond acceptors (Lipinski definition) is 3. The van der Waals surface area contributed by atoms with Crippen LogP contribution in [0.1, 0.15) is 18.1 Å². The van der Waals surface area contributed by atoms with E-state index in [4.69, 9.17) is 17.3 Å². The van der Waals surface area contributed by atoms with Gasteiger partial charge in [-0.05, 0) is 49.2 Å². The quantitative estimate of drug-likeness (QED) is 0.611. The van der Waals surface area contributed by atoms with Crippen LogP contribution in [-0.2, 0) is 11.2 Å². The van der Waals surface area contributed by atoms with Gasteiger partial charge >= 0.3 is 6.03 Å². The minimum absolute atomic E-state index is 0.179. The van der Waals surface area contributed by atoms with Crippen molar-refractivity contribution in [1.29, 1.82) is 0 Å². The number of nitrogens with two attached hydrogens (primary N) is 1. The summed E-state index contributed by atoms with van der Waals surface area (Å²) >= 11 is 5.78. The highest BCUT2D eigenvalue weighted by atomic mass is 35.5. The number of anilines is 1. The third-order valence-corrected chi connectivity index (χ3v) is 5.48. The normalized spacial score (nSPS) is 18.9. The van der Waals surface area contributed by atoms with E-state index in [1.165, 1.54) is 30.4 Å². The van der Waals surface area contributed by atoms with Gasteiger partial charge in [0.15, 0.2) is 0 Å². The smallest absolute Gasteiger partial charge is 0.316 e. The van der Waals surface area contributed by atoms with Crippen LogP contribution in [0.2, 0.25) is 5.02 Å². The monoisotopic (exact) mass is 448 g/mol. The van der Waals surface area contributed by atoms with Crippen LogP contribution in [0.5, 0.6) is 0 Å². The van der Waals surface area contributed by atoms with E-state index in [1.54, 1.807) is 17.0 Å². The molecule has 1 atom stereocenters. The van der Waals surface area contributed by atoms with Crippen molar-refractivity contribution in [3.63, 3.8) is 0 Å². The summed E-state index contributed by atoms with van der Waals surface area (Å²) in [4.78, 5) is 26.0. The average molecular weight is 449 g/mol. The molecule has 0 unspecified atom stereocenters. The Kier molecular flexibility index (Phi) is 6.92. The van der Waals surface area contributed by atoms with Crippen molar-refractivity contribution < 1.29 is 18.4 Å². The van der Waals surface area contributed by atoms with Crippen molar-refractivity contribution in [3.8, 4) is 0 Å². The van der Waals surface area contributed by atoms with E-state index in [9.17, 15) is 18.4 Å². The van der Waals surface area contributed by atoms with Crippen LogP contribution >= 0.6 is 11.6 Å². The van der Waals surface area contributed by atoms with E-state index in [2.05, 4.69) is 10.6 Å². The van der Waals surface area contributed by atoms with Gasteiger partial charge in [0, 0.05) is 31.3 Å². The van der Waals surface area contributed by atoms with Crippen molar-refractivity contribution in [2.75, 3.05) is 25.0 Å². The van der Waals surface area contributed by atoms with Gasteiger partial charge in [0.2, 0.25) is 5.91 Å². The summed E-state index contributed by atoms with van der Waals surface area (Å²) < 4.78 is 27.2. The number of urea groups is 1. The summed E-state index contributed by atoms with van der Waals surface area (Å²) in [6.45, 7) is 3.62. The van der Waals surface area contributed by atoms with Crippen LogP contribution in [0.4, 0.5) is 19.3 Å². The molecule has 4 N–H and O–H groups in total. The first-order chi connectivity index (χ1) is 14.7. The van der Waals surface area contributed by atoms with E-state index < -0.39 is 17.4 Å². The van der Waals surface area contributed by atoms with E-state index in [-0.39, 0.29) is 28.0 Å². The van der Waals surface area contributed by atoms with Gasteiger partial charge < -0.3 is 21.3 Å². The molecule has 0 saturated carbocycles. The molecule has 3 amide bonds. The lowest BCUT2D eigenvalue weighted by Gasteiger charge is -2.45. The van der Waals surface area contributed by atoms with Crippen LogP contribution in [0.3, 0.4) is 0 Å². The van der Waals surface area contributed by atoms with Crippen LogP contribution in [0.25, 0.3) is 6.08 Å². The predicted molar refractivity (Wildman–Crippen MR) is 117 cm³/mol. The Hall–Kier alpha value is -2.97. The molecule has 31 heavy (non-hydrogen) atoms. The Morgan fingerprint density at radius 3 is 2.68 bits per heavy atom. The topological polar surface area (TPSA) is 87.5 Å². The molecule has 1 saturated heterocycles. The van der Waals surface area contributed by atoms with Gasteiger partial charge in [-0.2, -0.15) is 0 Å². The molecular formula is C22H23ClF2N4O2. The summed E-state index contributed by atoms with van der Waals surface area (Å²) in [6.07, 6.45) is 3.26. The number of benzene rings is 2. The van der Waals surface area contributed by atoms with Crippen molar-refractivity contribution >= 4 is 35.3 Å². The second-order valence-electron chi connectivity index (χ2n) is 7.64. The number of halogens is 3. The molecular weight excluding hydrogens is 426 g/mol. The molecule has 1 fully saturated rings. The van der Waals surface area contributed by atoms with E-state index in [1.807, 2.05) is 6.92 Å². The molecule has 1 aliphatic rings. The molecule has 2 aromatic carbocycles. The second-order valence-corrected chi connectivity index (χ2v) is 8.05. The van der Waals surface area contributed by atoms with Crippen molar-refractivity contribution in [2.45, 2.75) is 18.9 Å². The molecule has 6 nitrogen and oxygen atoms in total. The predicted octanol–water partition coefficient (Wildman–Crippen LogP) is 3.56. The Labute approximate surface area is 184 Å². The highest BCUT2D eigenvalue weighted by molar-refractivity contribution is 6.31. The number of carbonyl (C=O) groups excluding carboxylic acids is 2.